The zero-order chi connectivity index (χ0) is 17.6. The van der Waals surface area contributed by atoms with Crippen molar-refractivity contribution in [2.45, 2.75) is 0 Å². The maximum atomic E-state index is 4.66. The van der Waals surface area contributed by atoms with E-state index in [9.17, 15) is 0 Å². The first-order valence-corrected chi connectivity index (χ1v) is 8.29. The van der Waals surface area contributed by atoms with Gasteiger partial charge in [0.15, 0.2) is 0 Å². The van der Waals surface area contributed by atoms with Crippen LogP contribution in [0.15, 0.2) is 84.9 Å². The van der Waals surface area contributed by atoms with Gasteiger partial charge in [-0.25, -0.2) is 9.97 Å². The predicted molar refractivity (Wildman–Crippen MR) is 104 cm³/mol. The number of hydrogen-bond acceptors (Lipinski definition) is 2. The van der Waals surface area contributed by atoms with Crippen LogP contribution in [0.5, 0.6) is 0 Å². The molecule has 3 aromatic carbocycles. The molecule has 0 unspecified atom stereocenters. The number of para-hydroxylation sites is 2. The van der Waals surface area contributed by atoms with Crippen LogP contribution in [0.25, 0.3) is 11.0 Å². The number of benzene rings is 3. The minimum atomic E-state index is 0.594. The van der Waals surface area contributed by atoms with Crippen LogP contribution in [0.1, 0.15) is 22.5 Å². The molecule has 26 heavy (non-hydrogen) atoms. The number of aromatic nitrogens is 2. The summed E-state index contributed by atoms with van der Waals surface area (Å²) >= 11 is 0. The Bertz CT molecular complexity index is 1080. The van der Waals surface area contributed by atoms with Crippen molar-refractivity contribution in [1.29, 1.82) is 0 Å². The molecule has 0 amide bonds. The second kappa shape index (κ2) is 7.34. The van der Waals surface area contributed by atoms with Gasteiger partial charge in [-0.1, -0.05) is 60.4 Å². The van der Waals surface area contributed by atoms with Crippen LogP contribution in [0, 0.1) is 23.7 Å². The van der Waals surface area contributed by atoms with Gasteiger partial charge in [0.1, 0.15) is 11.4 Å². The van der Waals surface area contributed by atoms with E-state index in [0.29, 0.717) is 11.4 Å². The molecule has 120 valence electrons. The van der Waals surface area contributed by atoms with E-state index in [1.165, 1.54) is 0 Å². The summed E-state index contributed by atoms with van der Waals surface area (Å²) in [5, 5.41) is 0. The van der Waals surface area contributed by atoms with Crippen molar-refractivity contribution >= 4 is 11.0 Å². The first kappa shape index (κ1) is 15.6. The molecular formula is C24H14N2. The Labute approximate surface area is 152 Å². The Kier molecular flexibility index (Phi) is 4.42. The summed E-state index contributed by atoms with van der Waals surface area (Å²) in [5.41, 5.74) is 4.69. The van der Waals surface area contributed by atoms with Crippen molar-refractivity contribution < 1.29 is 0 Å². The van der Waals surface area contributed by atoms with Gasteiger partial charge in [-0.15, -0.1) is 0 Å². The summed E-state index contributed by atoms with van der Waals surface area (Å²) in [5.74, 6) is 12.6. The lowest BCUT2D eigenvalue weighted by molar-refractivity contribution is 1.23. The summed E-state index contributed by atoms with van der Waals surface area (Å²) in [6.45, 7) is 0. The molecule has 0 atom stereocenters. The van der Waals surface area contributed by atoms with Gasteiger partial charge >= 0.3 is 0 Å². The number of rotatable bonds is 0. The molecule has 0 aliphatic carbocycles. The molecule has 2 nitrogen and oxygen atoms in total. The van der Waals surface area contributed by atoms with E-state index < -0.39 is 0 Å². The zero-order valence-corrected chi connectivity index (χ0v) is 14.0. The minimum Gasteiger partial charge on any atom is -0.235 e. The Morgan fingerprint density at radius 2 is 0.808 bits per heavy atom. The standard InChI is InChI=1S/C24H14N2/c1-3-9-19(10-4-1)15-17-23-24(18-16-20-11-5-2-6-12-20)26-22-14-8-7-13-21(22)25-23/h1-14H. The molecule has 0 fully saturated rings. The summed E-state index contributed by atoms with van der Waals surface area (Å²) in [7, 11) is 0. The highest BCUT2D eigenvalue weighted by molar-refractivity contribution is 5.75. The lowest BCUT2D eigenvalue weighted by atomic mass is 10.2. The van der Waals surface area contributed by atoms with Crippen molar-refractivity contribution in [3.8, 4) is 23.7 Å². The molecule has 0 saturated carbocycles. The highest BCUT2D eigenvalue weighted by Gasteiger charge is 2.04. The van der Waals surface area contributed by atoms with Crippen LogP contribution < -0.4 is 0 Å². The summed E-state index contributed by atoms with van der Waals surface area (Å²) in [4.78, 5) is 9.33. The topological polar surface area (TPSA) is 25.8 Å². The summed E-state index contributed by atoms with van der Waals surface area (Å²) in [6, 6.07) is 27.4. The molecule has 4 rings (SSSR count). The third-order valence-corrected chi connectivity index (χ3v) is 3.77. The summed E-state index contributed by atoms with van der Waals surface area (Å²) < 4.78 is 0. The quantitative estimate of drug-likeness (QED) is 0.446. The van der Waals surface area contributed by atoms with Crippen LogP contribution in [-0.4, -0.2) is 9.97 Å². The molecule has 0 N–H and O–H groups in total. The van der Waals surface area contributed by atoms with E-state index in [0.717, 1.165) is 22.2 Å². The SMILES string of the molecule is C(#Cc1nc2ccccc2nc1C#Cc1ccccc1)c1ccccc1. The molecule has 0 spiro atoms. The molecule has 1 aromatic heterocycles. The van der Waals surface area contributed by atoms with E-state index in [1.54, 1.807) is 0 Å². The van der Waals surface area contributed by atoms with Gasteiger partial charge in [0, 0.05) is 11.1 Å². The maximum absolute atomic E-state index is 4.66. The van der Waals surface area contributed by atoms with Gasteiger partial charge < -0.3 is 0 Å². The fourth-order valence-electron chi connectivity index (χ4n) is 2.48. The van der Waals surface area contributed by atoms with Crippen molar-refractivity contribution in [2.75, 3.05) is 0 Å². The van der Waals surface area contributed by atoms with E-state index in [1.807, 2.05) is 84.9 Å². The van der Waals surface area contributed by atoms with Crippen LogP contribution >= 0.6 is 0 Å². The Balaban J connectivity index is 1.82. The first-order chi connectivity index (χ1) is 12.9. The van der Waals surface area contributed by atoms with Crippen LogP contribution in [0.3, 0.4) is 0 Å². The third-order valence-electron chi connectivity index (χ3n) is 3.77. The van der Waals surface area contributed by atoms with Crippen molar-refractivity contribution in [3.05, 3.63) is 107 Å². The Morgan fingerprint density at radius 3 is 1.23 bits per heavy atom. The van der Waals surface area contributed by atoms with Gasteiger partial charge in [0.2, 0.25) is 0 Å². The Hall–Kier alpha value is -3.88. The van der Waals surface area contributed by atoms with Crippen molar-refractivity contribution in [3.63, 3.8) is 0 Å². The van der Waals surface area contributed by atoms with Gasteiger partial charge in [-0.3, -0.25) is 0 Å². The molecule has 0 aliphatic rings. The van der Waals surface area contributed by atoms with Gasteiger partial charge in [-0.05, 0) is 48.2 Å². The number of nitrogens with zero attached hydrogens (tertiary/aromatic N) is 2. The minimum absolute atomic E-state index is 0.594. The van der Waals surface area contributed by atoms with E-state index in [4.69, 9.17) is 0 Å². The predicted octanol–water partition coefficient (Wildman–Crippen LogP) is 4.43. The van der Waals surface area contributed by atoms with Gasteiger partial charge in [0.05, 0.1) is 11.0 Å². The highest BCUT2D eigenvalue weighted by atomic mass is 14.8. The van der Waals surface area contributed by atoms with Crippen LogP contribution in [0.2, 0.25) is 0 Å². The van der Waals surface area contributed by atoms with E-state index >= 15 is 0 Å². The monoisotopic (exact) mass is 330 g/mol. The lowest BCUT2D eigenvalue weighted by Gasteiger charge is -2.00. The van der Waals surface area contributed by atoms with Crippen LogP contribution in [0.4, 0.5) is 0 Å². The number of hydrogen-bond donors (Lipinski definition) is 0. The molecular weight excluding hydrogens is 316 g/mol. The molecule has 4 aromatic rings. The average Bonchev–Trinajstić information content (AvgIpc) is 2.72. The molecule has 0 aliphatic heterocycles. The van der Waals surface area contributed by atoms with Gasteiger partial charge in [0.25, 0.3) is 0 Å². The second-order valence-electron chi connectivity index (χ2n) is 5.64. The largest absolute Gasteiger partial charge is 0.235 e. The summed E-state index contributed by atoms with van der Waals surface area (Å²) in [6.07, 6.45) is 0. The highest BCUT2D eigenvalue weighted by Crippen LogP contribution is 2.12. The zero-order valence-electron chi connectivity index (χ0n) is 14.0. The van der Waals surface area contributed by atoms with E-state index in [-0.39, 0.29) is 0 Å². The molecule has 0 bridgehead atoms. The maximum Gasteiger partial charge on any atom is 0.148 e. The molecule has 2 heteroatoms. The molecule has 1 heterocycles. The Morgan fingerprint density at radius 1 is 0.423 bits per heavy atom. The fraction of sp³-hybridized carbons (Fsp3) is 0. The van der Waals surface area contributed by atoms with Gasteiger partial charge in [-0.2, -0.15) is 0 Å². The lowest BCUT2D eigenvalue weighted by Crippen LogP contribution is -1.96. The van der Waals surface area contributed by atoms with E-state index in [2.05, 4.69) is 33.6 Å². The number of fused-ring (bicyclic) bond motifs is 1. The average molecular weight is 330 g/mol. The molecule has 0 radical (unpaired) electrons. The second-order valence-corrected chi connectivity index (χ2v) is 5.64. The van der Waals surface area contributed by atoms with Crippen LogP contribution in [-0.2, 0) is 0 Å². The molecule has 0 saturated heterocycles. The smallest absolute Gasteiger partial charge is 0.148 e. The fourth-order valence-corrected chi connectivity index (χ4v) is 2.48. The van der Waals surface area contributed by atoms with Crippen molar-refractivity contribution in [1.82, 2.24) is 9.97 Å². The van der Waals surface area contributed by atoms with Crippen molar-refractivity contribution in [2.24, 2.45) is 0 Å². The first-order valence-electron chi connectivity index (χ1n) is 8.29. The third kappa shape index (κ3) is 3.61. The normalized spacial score (nSPS) is 9.69.